The van der Waals surface area contributed by atoms with Crippen LogP contribution in [0.3, 0.4) is 0 Å². The van der Waals surface area contributed by atoms with Crippen LogP contribution in [0.4, 0.5) is 0 Å². The number of halogens is 2. The van der Waals surface area contributed by atoms with Gasteiger partial charge in [0, 0.05) is 0 Å². The summed E-state index contributed by atoms with van der Waals surface area (Å²) in [6.45, 7) is 3.36. The van der Waals surface area contributed by atoms with Crippen molar-refractivity contribution in [3.05, 3.63) is 0 Å². The predicted octanol–water partition coefficient (Wildman–Crippen LogP) is 1.07. The Morgan fingerprint density at radius 1 is 1.69 bits per heavy atom. The summed E-state index contributed by atoms with van der Waals surface area (Å²) in [7, 11) is 0. The Morgan fingerprint density at radius 2 is 2.15 bits per heavy atom. The van der Waals surface area contributed by atoms with E-state index in [1.807, 2.05) is 0 Å². The molecule has 5 heteroatoms. The summed E-state index contributed by atoms with van der Waals surface area (Å²) in [4.78, 5) is 11.4. The summed E-state index contributed by atoms with van der Waals surface area (Å²) in [6, 6.07) is 0. The molecule has 1 amide bonds. The van der Waals surface area contributed by atoms with Gasteiger partial charge in [-0.15, -0.1) is 23.2 Å². The first-order valence-corrected chi connectivity index (χ1v) is 4.85. The van der Waals surface area contributed by atoms with Crippen LogP contribution in [-0.2, 0) is 4.79 Å². The summed E-state index contributed by atoms with van der Waals surface area (Å²) in [6.07, 6.45) is 0.490. The lowest BCUT2D eigenvalue weighted by Gasteiger charge is -2.23. The van der Waals surface area contributed by atoms with Gasteiger partial charge in [0.25, 0.3) is 0 Å². The zero-order valence-electron chi connectivity index (χ0n) is 7.60. The monoisotopic (exact) mass is 225 g/mol. The highest BCUT2D eigenvalue weighted by Gasteiger charge is 2.56. The van der Waals surface area contributed by atoms with Crippen LogP contribution in [0.15, 0.2) is 0 Å². The molecule has 3 nitrogen and oxygen atoms in total. The molecule has 0 unspecified atom stereocenters. The maximum atomic E-state index is 11.4. The van der Waals surface area contributed by atoms with Crippen molar-refractivity contribution in [2.75, 3.05) is 6.61 Å². The van der Waals surface area contributed by atoms with E-state index in [0.29, 0.717) is 6.42 Å². The van der Waals surface area contributed by atoms with E-state index in [0.717, 1.165) is 0 Å². The SMILES string of the molecule is CC(C)(CO)NC(=O)[C@H]1CC1(Cl)Cl. The molecule has 1 aliphatic rings. The van der Waals surface area contributed by atoms with Gasteiger partial charge in [-0.2, -0.15) is 0 Å². The van der Waals surface area contributed by atoms with Crippen LogP contribution in [0.1, 0.15) is 20.3 Å². The minimum Gasteiger partial charge on any atom is -0.394 e. The van der Waals surface area contributed by atoms with Gasteiger partial charge in [0.15, 0.2) is 0 Å². The van der Waals surface area contributed by atoms with Crippen molar-refractivity contribution in [3.8, 4) is 0 Å². The third-order valence-electron chi connectivity index (χ3n) is 2.00. The fraction of sp³-hybridized carbons (Fsp3) is 0.875. The zero-order valence-corrected chi connectivity index (χ0v) is 9.11. The van der Waals surface area contributed by atoms with E-state index in [9.17, 15) is 4.79 Å². The molecule has 0 aliphatic heterocycles. The molecule has 1 atom stereocenters. The summed E-state index contributed by atoms with van der Waals surface area (Å²) in [5.74, 6) is -0.522. The Morgan fingerprint density at radius 3 is 2.46 bits per heavy atom. The molecular weight excluding hydrogens is 213 g/mol. The van der Waals surface area contributed by atoms with Gasteiger partial charge in [-0.05, 0) is 20.3 Å². The lowest BCUT2D eigenvalue weighted by molar-refractivity contribution is -0.124. The van der Waals surface area contributed by atoms with Gasteiger partial charge < -0.3 is 10.4 Å². The van der Waals surface area contributed by atoms with Crippen LogP contribution in [0, 0.1) is 5.92 Å². The van der Waals surface area contributed by atoms with Crippen molar-refractivity contribution in [2.45, 2.75) is 30.1 Å². The number of hydrogen-bond acceptors (Lipinski definition) is 2. The molecule has 1 rings (SSSR count). The molecule has 1 saturated carbocycles. The van der Waals surface area contributed by atoms with Crippen LogP contribution in [0.25, 0.3) is 0 Å². The van der Waals surface area contributed by atoms with E-state index in [4.69, 9.17) is 28.3 Å². The van der Waals surface area contributed by atoms with Crippen molar-refractivity contribution in [2.24, 2.45) is 5.92 Å². The van der Waals surface area contributed by atoms with Crippen molar-refractivity contribution < 1.29 is 9.90 Å². The number of amides is 1. The minimum atomic E-state index is -0.893. The maximum Gasteiger partial charge on any atom is 0.226 e. The molecule has 0 spiro atoms. The number of carbonyl (C=O) groups is 1. The molecule has 1 aliphatic carbocycles. The van der Waals surface area contributed by atoms with Gasteiger partial charge in [0.1, 0.15) is 4.33 Å². The molecule has 0 bridgehead atoms. The summed E-state index contributed by atoms with van der Waals surface area (Å²) in [5, 5.41) is 11.6. The van der Waals surface area contributed by atoms with Gasteiger partial charge in [0.05, 0.1) is 18.1 Å². The van der Waals surface area contributed by atoms with Gasteiger partial charge in [-0.1, -0.05) is 0 Å². The Hall–Kier alpha value is 0.01000. The first kappa shape index (κ1) is 11.1. The topological polar surface area (TPSA) is 49.3 Å². The quantitative estimate of drug-likeness (QED) is 0.707. The van der Waals surface area contributed by atoms with E-state index in [1.54, 1.807) is 13.8 Å². The van der Waals surface area contributed by atoms with E-state index in [2.05, 4.69) is 5.32 Å². The Balaban J connectivity index is 2.44. The number of alkyl halides is 2. The first-order valence-electron chi connectivity index (χ1n) is 4.09. The van der Waals surface area contributed by atoms with Crippen molar-refractivity contribution >= 4 is 29.1 Å². The van der Waals surface area contributed by atoms with Crippen molar-refractivity contribution in [1.29, 1.82) is 0 Å². The van der Waals surface area contributed by atoms with Crippen LogP contribution in [0.5, 0.6) is 0 Å². The highest BCUT2D eigenvalue weighted by atomic mass is 35.5. The highest BCUT2D eigenvalue weighted by molar-refractivity contribution is 6.52. The summed E-state index contributed by atoms with van der Waals surface area (Å²) in [5.41, 5.74) is -0.608. The average Bonchev–Trinajstić information content (AvgIpc) is 2.59. The number of aliphatic hydroxyl groups is 1. The predicted molar refractivity (Wildman–Crippen MR) is 51.9 cm³/mol. The molecule has 0 aromatic heterocycles. The Labute approximate surface area is 87.4 Å². The van der Waals surface area contributed by atoms with Gasteiger partial charge in [-0.3, -0.25) is 4.79 Å². The molecule has 0 aromatic carbocycles. The Bertz CT molecular complexity index is 228. The Kier molecular flexibility index (Phi) is 2.81. The van der Waals surface area contributed by atoms with E-state index < -0.39 is 9.87 Å². The van der Waals surface area contributed by atoms with Crippen LogP contribution in [0.2, 0.25) is 0 Å². The second kappa shape index (κ2) is 3.30. The molecule has 0 aromatic rings. The lowest BCUT2D eigenvalue weighted by atomic mass is 10.1. The number of carbonyl (C=O) groups excluding carboxylic acids is 1. The molecule has 0 radical (unpaired) electrons. The normalized spacial score (nSPS) is 25.5. The summed E-state index contributed by atoms with van der Waals surface area (Å²) >= 11 is 11.4. The highest BCUT2D eigenvalue weighted by Crippen LogP contribution is 2.53. The summed E-state index contributed by atoms with van der Waals surface area (Å²) < 4.78 is -0.893. The third-order valence-corrected chi connectivity index (χ3v) is 2.83. The number of hydrogen-bond donors (Lipinski definition) is 2. The van der Waals surface area contributed by atoms with Crippen LogP contribution < -0.4 is 5.32 Å². The number of nitrogens with one attached hydrogen (secondary N) is 1. The molecule has 76 valence electrons. The van der Waals surface area contributed by atoms with Crippen LogP contribution >= 0.6 is 23.2 Å². The zero-order chi connectivity index (χ0) is 10.3. The second-order valence-corrected chi connectivity index (χ2v) is 5.59. The fourth-order valence-electron chi connectivity index (χ4n) is 0.958. The number of rotatable bonds is 3. The standard InChI is InChI=1S/C8H13Cl2NO2/c1-7(2,4-12)11-6(13)5-3-8(5,9)10/h5,12H,3-4H2,1-2H3,(H,11,13)/t5-/m1/s1. The largest absolute Gasteiger partial charge is 0.394 e. The van der Waals surface area contributed by atoms with Gasteiger partial charge in [-0.25, -0.2) is 0 Å². The molecular formula is C8H13Cl2NO2. The lowest BCUT2D eigenvalue weighted by Crippen LogP contribution is -2.47. The van der Waals surface area contributed by atoms with Gasteiger partial charge >= 0.3 is 0 Å². The fourth-order valence-corrected chi connectivity index (χ4v) is 1.46. The molecule has 13 heavy (non-hydrogen) atoms. The molecule has 0 saturated heterocycles. The van der Waals surface area contributed by atoms with Crippen molar-refractivity contribution in [3.63, 3.8) is 0 Å². The molecule has 0 heterocycles. The third kappa shape index (κ3) is 2.73. The number of aliphatic hydroxyl groups excluding tert-OH is 1. The first-order chi connectivity index (χ1) is 5.78. The second-order valence-electron chi connectivity index (χ2n) is 4.05. The van der Waals surface area contributed by atoms with E-state index in [1.165, 1.54) is 0 Å². The van der Waals surface area contributed by atoms with Crippen LogP contribution in [-0.4, -0.2) is 27.5 Å². The average molecular weight is 226 g/mol. The van der Waals surface area contributed by atoms with Crippen molar-refractivity contribution in [1.82, 2.24) is 5.32 Å². The molecule has 1 fully saturated rings. The minimum absolute atomic E-state index is 0.108. The molecule has 2 N–H and O–H groups in total. The maximum absolute atomic E-state index is 11.4. The smallest absolute Gasteiger partial charge is 0.226 e. The van der Waals surface area contributed by atoms with E-state index >= 15 is 0 Å². The van der Waals surface area contributed by atoms with Gasteiger partial charge in [0.2, 0.25) is 5.91 Å². The van der Waals surface area contributed by atoms with E-state index in [-0.39, 0.29) is 18.4 Å².